The van der Waals surface area contributed by atoms with Gasteiger partial charge in [-0.3, -0.25) is 9.48 Å². The smallest absolute Gasteiger partial charge is 0.244 e. The van der Waals surface area contributed by atoms with Crippen molar-refractivity contribution in [2.75, 3.05) is 13.2 Å². The van der Waals surface area contributed by atoms with Gasteiger partial charge in [-0.15, -0.1) is 0 Å². The van der Waals surface area contributed by atoms with Crippen LogP contribution in [0.1, 0.15) is 30.9 Å². The SMILES string of the molecule is Cn1cc(C(N)C(=O)N2CCCC2CCO)cn1. The summed E-state index contributed by atoms with van der Waals surface area (Å²) >= 11 is 0. The lowest BCUT2D eigenvalue weighted by molar-refractivity contribution is -0.133. The first-order valence-electron chi connectivity index (χ1n) is 6.29. The van der Waals surface area contributed by atoms with Gasteiger partial charge in [0.25, 0.3) is 0 Å². The Morgan fingerprint density at radius 2 is 2.50 bits per heavy atom. The number of carbonyl (C=O) groups is 1. The van der Waals surface area contributed by atoms with Crippen molar-refractivity contribution in [1.29, 1.82) is 0 Å². The molecule has 2 rings (SSSR count). The van der Waals surface area contributed by atoms with Crippen molar-refractivity contribution >= 4 is 5.91 Å². The molecule has 0 aliphatic carbocycles. The van der Waals surface area contributed by atoms with Crippen molar-refractivity contribution in [1.82, 2.24) is 14.7 Å². The van der Waals surface area contributed by atoms with E-state index in [0.717, 1.165) is 24.9 Å². The summed E-state index contributed by atoms with van der Waals surface area (Å²) in [7, 11) is 1.80. The fraction of sp³-hybridized carbons (Fsp3) is 0.667. The molecule has 1 aromatic rings. The van der Waals surface area contributed by atoms with E-state index in [1.165, 1.54) is 0 Å². The molecule has 2 atom stereocenters. The molecule has 1 aliphatic rings. The van der Waals surface area contributed by atoms with Gasteiger partial charge in [-0.25, -0.2) is 0 Å². The summed E-state index contributed by atoms with van der Waals surface area (Å²) in [6, 6.07) is -0.525. The number of amides is 1. The van der Waals surface area contributed by atoms with Gasteiger partial charge in [-0.05, 0) is 19.3 Å². The molecule has 2 unspecified atom stereocenters. The van der Waals surface area contributed by atoms with Crippen LogP contribution >= 0.6 is 0 Å². The number of nitrogens with two attached hydrogens (primary N) is 1. The van der Waals surface area contributed by atoms with Crippen LogP contribution < -0.4 is 5.73 Å². The van der Waals surface area contributed by atoms with E-state index in [4.69, 9.17) is 10.8 Å². The molecule has 2 heterocycles. The zero-order valence-corrected chi connectivity index (χ0v) is 10.6. The average molecular weight is 252 g/mol. The number of aliphatic hydroxyl groups is 1. The minimum absolute atomic E-state index is 0.0704. The fourth-order valence-corrected chi connectivity index (χ4v) is 2.50. The Morgan fingerprint density at radius 1 is 1.72 bits per heavy atom. The third kappa shape index (κ3) is 2.54. The monoisotopic (exact) mass is 252 g/mol. The van der Waals surface area contributed by atoms with Crippen LogP contribution in [-0.2, 0) is 11.8 Å². The van der Waals surface area contributed by atoms with Crippen LogP contribution in [0.5, 0.6) is 0 Å². The number of aryl methyl sites for hydroxylation is 1. The van der Waals surface area contributed by atoms with Crippen LogP contribution in [0, 0.1) is 0 Å². The third-order valence-corrected chi connectivity index (χ3v) is 3.47. The van der Waals surface area contributed by atoms with Crippen LogP contribution in [0.2, 0.25) is 0 Å². The van der Waals surface area contributed by atoms with Crippen LogP contribution in [0.15, 0.2) is 12.4 Å². The van der Waals surface area contributed by atoms with Gasteiger partial charge in [-0.1, -0.05) is 0 Å². The lowest BCUT2D eigenvalue weighted by atomic mass is 10.1. The molecular weight excluding hydrogens is 232 g/mol. The van der Waals surface area contributed by atoms with Gasteiger partial charge in [0.05, 0.1) is 6.20 Å². The van der Waals surface area contributed by atoms with Crippen LogP contribution in [0.3, 0.4) is 0 Å². The van der Waals surface area contributed by atoms with Crippen LogP contribution in [0.4, 0.5) is 0 Å². The number of aromatic nitrogens is 2. The van der Waals surface area contributed by atoms with E-state index in [0.29, 0.717) is 6.42 Å². The lowest BCUT2D eigenvalue weighted by Gasteiger charge is -2.26. The number of hydrogen-bond donors (Lipinski definition) is 2. The van der Waals surface area contributed by atoms with Gasteiger partial charge in [0.2, 0.25) is 5.91 Å². The van der Waals surface area contributed by atoms with Gasteiger partial charge in [0.1, 0.15) is 6.04 Å². The molecule has 1 aromatic heterocycles. The van der Waals surface area contributed by atoms with Gasteiger partial charge < -0.3 is 15.7 Å². The van der Waals surface area contributed by atoms with E-state index in [2.05, 4.69) is 5.10 Å². The molecule has 1 amide bonds. The Balaban J connectivity index is 2.06. The second-order valence-corrected chi connectivity index (χ2v) is 4.76. The highest BCUT2D eigenvalue weighted by molar-refractivity contribution is 5.83. The van der Waals surface area contributed by atoms with Gasteiger partial charge >= 0.3 is 0 Å². The summed E-state index contributed by atoms with van der Waals surface area (Å²) < 4.78 is 1.64. The van der Waals surface area contributed by atoms with Crippen LogP contribution in [-0.4, -0.2) is 44.9 Å². The van der Waals surface area contributed by atoms with Gasteiger partial charge in [0, 0.05) is 38.0 Å². The Labute approximate surface area is 106 Å². The van der Waals surface area contributed by atoms with E-state index in [1.54, 1.807) is 29.0 Å². The first-order valence-corrected chi connectivity index (χ1v) is 6.29. The Hall–Kier alpha value is -1.40. The van der Waals surface area contributed by atoms with Gasteiger partial charge in [0.15, 0.2) is 0 Å². The summed E-state index contributed by atoms with van der Waals surface area (Å²) in [5, 5.41) is 13.0. The third-order valence-electron chi connectivity index (χ3n) is 3.47. The largest absolute Gasteiger partial charge is 0.396 e. The predicted molar refractivity (Wildman–Crippen MR) is 66.6 cm³/mol. The molecule has 18 heavy (non-hydrogen) atoms. The number of rotatable bonds is 4. The molecule has 0 radical (unpaired) electrons. The fourth-order valence-electron chi connectivity index (χ4n) is 2.50. The average Bonchev–Trinajstić information content (AvgIpc) is 2.97. The minimum Gasteiger partial charge on any atom is -0.396 e. The van der Waals surface area contributed by atoms with Crippen molar-refractivity contribution in [2.45, 2.75) is 31.3 Å². The topological polar surface area (TPSA) is 84.4 Å². The molecular formula is C12H20N4O2. The molecule has 1 saturated heterocycles. The molecule has 100 valence electrons. The highest BCUT2D eigenvalue weighted by atomic mass is 16.3. The second kappa shape index (κ2) is 5.49. The first-order chi connectivity index (χ1) is 8.63. The van der Waals surface area contributed by atoms with E-state index >= 15 is 0 Å². The second-order valence-electron chi connectivity index (χ2n) is 4.76. The van der Waals surface area contributed by atoms with E-state index in [9.17, 15) is 4.79 Å². The summed E-state index contributed by atoms with van der Waals surface area (Å²) in [5.41, 5.74) is 6.72. The van der Waals surface area contributed by atoms with Gasteiger partial charge in [-0.2, -0.15) is 5.10 Å². The summed E-state index contributed by atoms with van der Waals surface area (Å²) in [5.74, 6) is -0.0704. The molecule has 6 nitrogen and oxygen atoms in total. The number of hydrogen-bond acceptors (Lipinski definition) is 4. The summed E-state index contributed by atoms with van der Waals surface area (Å²) in [6.07, 6.45) is 5.95. The summed E-state index contributed by atoms with van der Waals surface area (Å²) in [6.45, 7) is 0.841. The van der Waals surface area contributed by atoms with E-state index in [-0.39, 0.29) is 18.6 Å². The zero-order chi connectivity index (χ0) is 13.1. The van der Waals surface area contributed by atoms with Crippen molar-refractivity contribution in [2.24, 2.45) is 12.8 Å². The number of likely N-dealkylation sites (tertiary alicyclic amines) is 1. The standard InChI is InChI=1S/C12H20N4O2/c1-15-8-9(7-14-15)11(13)12(18)16-5-2-3-10(16)4-6-17/h7-8,10-11,17H,2-6,13H2,1H3. The van der Waals surface area contributed by atoms with Crippen molar-refractivity contribution in [3.8, 4) is 0 Å². The number of aliphatic hydroxyl groups excluding tert-OH is 1. The normalized spacial score (nSPS) is 21.3. The minimum atomic E-state index is -0.655. The van der Waals surface area contributed by atoms with Crippen molar-refractivity contribution in [3.05, 3.63) is 18.0 Å². The van der Waals surface area contributed by atoms with E-state index < -0.39 is 6.04 Å². The molecule has 0 saturated carbocycles. The first kappa shape index (κ1) is 13.0. The van der Waals surface area contributed by atoms with Crippen LogP contribution in [0.25, 0.3) is 0 Å². The highest BCUT2D eigenvalue weighted by Gasteiger charge is 2.32. The predicted octanol–water partition coefficient (Wildman–Crippen LogP) is -0.207. The maximum Gasteiger partial charge on any atom is 0.244 e. The molecule has 1 fully saturated rings. The molecule has 3 N–H and O–H groups in total. The Bertz CT molecular complexity index is 418. The maximum absolute atomic E-state index is 12.3. The highest BCUT2D eigenvalue weighted by Crippen LogP contribution is 2.23. The Kier molecular flexibility index (Phi) is 3.98. The summed E-state index contributed by atoms with van der Waals surface area (Å²) in [4.78, 5) is 14.1. The zero-order valence-electron chi connectivity index (χ0n) is 10.6. The molecule has 0 aromatic carbocycles. The molecule has 6 heteroatoms. The number of carbonyl (C=O) groups excluding carboxylic acids is 1. The lowest BCUT2D eigenvalue weighted by Crippen LogP contribution is -2.41. The van der Waals surface area contributed by atoms with Crippen molar-refractivity contribution < 1.29 is 9.90 Å². The maximum atomic E-state index is 12.3. The molecule has 1 aliphatic heterocycles. The van der Waals surface area contributed by atoms with Crippen molar-refractivity contribution in [3.63, 3.8) is 0 Å². The quantitative estimate of drug-likeness (QED) is 0.777. The van der Waals surface area contributed by atoms with E-state index in [1.807, 2.05) is 0 Å². The molecule has 0 spiro atoms. The molecule has 0 bridgehead atoms. The number of nitrogens with zero attached hydrogens (tertiary/aromatic N) is 3. The Morgan fingerprint density at radius 3 is 3.11 bits per heavy atom.